The molecule has 0 amide bonds. The van der Waals surface area contributed by atoms with Gasteiger partial charge in [-0.3, -0.25) is 0 Å². The predicted molar refractivity (Wildman–Crippen MR) is 67.5 cm³/mol. The largest absolute Gasteiger partial charge is 0.119 e. The number of hydrogen-bond acceptors (Lipinski definition) is 0. The van der Waals surface area contributed by atoms with Crippen LogP contribution >= 0.6 is 46.4 Å². The first-order valence-electron chi connectivity index (χ1n) is 4.66. The lowest BCUT2D eigenvalue weighted by Gasteiger charge is -2.40. The van der Waals surface area contributed by atoms with Crippen LogP contribution in [0.15, 0.2) is 24.3 Å². The highest BCUT2D eigenvalue weighted by molar-refractivity contribution is 6.40. The SMILES string of the molecule is C[C@]1(Cl)[C@H](Cl)[C@@H](Cl)c2ccccc2[C@@H]1Cl. The fraction of sp³-hybridized carbons (Fsp3) is 0.455. The van der Waals surface area contributed by atoms with E-state index in [0.717, 1.165) is 11.1 Å². The molecule has 0 saturated heterocycles. The van der Waals surface area contributed by atoms with Crippen LogP contribution in [-0.2, 0) is 0 Å². The summed E-state index contributed by atoms with van der Waals surface area (Å²) in [6.07, 6.45) is 0. The Bertz CT molecular complexity index is 375. The van der Waals surface area contributed by atoms with Crippen molar-refractivity contribution >= 4 is 46.4 Å². The normalized spacial score (nSPS) is 39.9. The first kappa shape index (κ1) is 11.9. The molecule has 0 aromatic heterocycles. The number of halogens is 4. The van der Waals surface area contributed by atoms with E-state index in [0.29, 0.717) is 0 Å². The molecule has 0 aliphatic heterocycles. The topological polar surface area (TPSA) is 0 Å². The van der Waals surface area contributed by atoms with Gasteiger partial charge < -0.3 is 0 Å². The number of hydrogen-bond donors (Lipinski definition) is 0. The minimum Gasteiger partial charge on any atom is -0.119 e. The lowest BCUT2D eigenvalue weighted by molar-refractivity contribution is 0.522. The van der Waals surface area contributed by atoms with Crippen LogP contribution < -0.4 is 0 Å². The number of fused-ring (bicyclic) bond motifs is 1. The van der Waals surface area contributed by atoms with Crippen LogP contribution in [0, 0.1) is 0 Å². The van der Waals surface area contributed by atoms with Crippen molar-refractivity contribution in [3.8, 4) is 0 Å². The van der Waals surface area contributed by atoms with Crippen LogP contribution in [0.1, 0.15) is 28.8 Å². The number of rotatable bonds is 0. The molecule has 1 aromatic rings. The van der Waals surface area contributed by atoms with Crippen LogP contribution in [0.5, 0.6) is 0 Å². The average molecular weight is 284 g/mol. The van der Waals surface area contributed by atoms with Crippen molar-refractivity contribution in [1.82, 2.24) is 0 Å². The van der Waals surface area contributed by atoms with Gasteiger partial charge in [-0.25, -0.2) is 0 Å². The summed E-state index contributed by atoms with van der Waals surface area (Å²) >= 11 is 25.2. The molecule has 0 spiro atoms. The van der Waals surface area contributed by atoms with Gasteiger partial charge in [-0.2, -0.15) is 0 Å². The molecule has 15 heavy (non-hydrogen) atoms. The second kappa shape index (κ2) is 4.00. The quantitative estimate of drug-likeness (QED) is 0.596. The third kappa shape index (κ3) is 1.76. The Morgan fingerprint density at radius 3 is 2.20 bits per heavy atom. The van der Waals surface area contributed by atoms with Crippen molar-refractivity contribution in [2.45, 2.75) is 27.9 Å². The fourth-order valence-corrected chi connectivity index (χ4v) is 3.31. The third-order valence-electron chi connectivity index (χ3n) is 2.86. The molecule has 82 valence electrons. The molecule has 1 aromatic carbocycles. The Hall–Kier alpha value is 0.380. The predicted octanol–water partition coefficient (Wildman–Crippen LogP) is 4.86. The Labute approximate surface area is 109 Å². The first-order chi connectivity index (χ1) is 6.96. The van der Waals surface area contributed by atoms with Gasteiger partial charge in [0.05, 0.1) is 21.0 Å². The van der Waals surface area contributed by atoms with Gasteiger partial charge in [0, 0.05) is 0 Å². The standard InChI is InChI=1S/C11H10Cl4/c1-11(15)9(13)7-5-3-2-4-6(7)8(12)10(11)14/h2-5,8-10H,1H3/t8-,9-,10+,11+/m0/s1. The molecule has 2 rings (SSSR count). The van der Waals surface area contributed by atoms with Crippen molar-refractivity contribution in [3.05, 3.63) is 35.4 Å². The molecule has 4 atom stereocenters. The van der Waals surface area contributed by atoms with Gasteiger partial charge in [0.15, 0.2) is 0 Å². The zero-order chi connectivity index (χ0) is 11.2. The number of alkyl halides is 4. The Balaban J connectivity index is 2.57. The molecular formula is C11H10Cl4. The van der Waals surface area contributed by atoms with Crippen molar-refractivity contribution < 1.29 is 0 Å². The van der Waals surface area contributed by atoms with E-state index in [2.05, 4.69) is 0 Å². The van der Waals surface area contributed by atoms with Crippen LogP contribution in [0.25, 0.3) is 0 Å². The lowest BCUT2D eigenvalue weighted by Crippen LogP contribution is -2.41. The zero-order valence-electron chi connectivity index (χ0n) is 8.05. The minimum atomic E-state index is -0.718. The van der Waals surface area contributed by atoms with E-state index in [1.165, 1.54) is 0 Å². The molecule has 0 N–H and O–H groups in total. The van der Waals surface area contributed by atoms with E-state index in [9.17, 15) is 0 Å². The molecule has 0 fully saturated rings. The monoisotopic (exact) mass is 282 g/mol. The van der Waals surface area contributed by atoms with Gasteiger partial charge in [0.25, 0.3) is 0 Å². The average Bonchev–Trinajstić information content (AvgIpc) is 2.24. The van der Waals surface area contributed by atoms with E-state index in [-0.39, 0.29) is 16.1 Å². The van der Waals surface area contributed by atoms with Gasteiger partial charge in [0.2, 0.25) is 0 Å². The summed E-state index contributed by atoms with van der Waals surface area (Å²) in [7, 11) is 0. The van der Waals surface area contributed by atoms with E-state index in [1.54, 1.807) is 0 Å². The van der Waals surface area contributed by atoms with Gasteiger partial charge in [0.1, 0.15) is 0 Å². The molecule has 0 bridgehead atoms. The van der Waals surface area contributed by atoms with Crippen LogP contribution in [-0.4, -0.2) is 10.3 Å². The molecule has 1 aliphatic rings. The molecule has 0 radical (unpaired) electrons. The summed E-state index contributed by atoms with van der Waals surface area (Å²) in [5.41, 5.74) is 1.96. The zero-order valence-corrected chi connectivity index (χ0v) is 11.1. The Morgan fingerprint density at radius 2 is 1.60 bits per heavy atom. The summed E-state index contributed by atoms with van der Waals surface area (Å²) in [5.74, 6) is 0. The number of benzene rings is 1. The van der Waals surface area contributed by atoms with Gasteiger partial charge in [-0.1, -0.05) is 24.3 Å². The van der Waals surface area contributed by atoms with E-state index in [4.69, 9.17) is 46.4 Å². The van der Waals surface area contributed by atoms with E-state index < -0.39 is 4.87 Å². The summed E-state index contributed by atoms with van der Waals surface area (Å²) in [5, 5.41) is -0.980. The molecule has 0 nitrogen and oxygen atoms in total. The van der Waals surface area contributed by atoms with Gasteiger partial charge >= 0.3 is 0 Å². The fourth-order valence-electron chi connectivity index (χ4n) is 1.88. The molecule has 4 heteroatoms. The summed E-state index contributed by atoms with van der Waals surface area (Å²) in [4.78, 5) is -0.718. The van der Waals surface area contributed by atoms with Gasteiger partial charge in [-0.05, 0) is 18.1 Å². The van der Waals surface area contributed by atoms with E-state index in [1.807, 2.05) is 31.2 Å². The van der Waals surface area contributed by atoms with Crippen LogP contribution in [0.4, 0.5) is 0 Å². The smallest absolute Gasteiger partial charge is 0.0803 e. The maximum absolute atomic E-state index is 6.35. The lowest BCUT2D eigenvalue weighted by atomic mass is 9.83. The highest BCUT2D eigenvalue weighted by Crippen LogP contribution is 2.53. The maximum Gasteiger partial charge on any atom is 0.0803 e. The van der Waals surface area contributed by atoms with E-state index >= 15 is 0 Å². The van der Waals surface area contributed by atoms with Gasteiger partial charge in [-0.15, -0.1) is 46.4 Å². The van der Waals surface area contributed by atoms with Crippen molar-refractivity contribution in [2.24, 2.45) is 0 Å². The molecule has 0 unspecified atom stereocenters. The Morgan fingerprint density at radius 1 is 1.07 bits per heavy atom. The highest BCUT2D eigenvalue weighted by Gasteiger charge is 2.48. The maximum atomic E-state index is 6.35. The van der Waals surface area contributed by atoms with Crippen LogP contribution in [0.3, 0.4) is 0 Å². The molecule has 0 saturated carbocycles. The van der Waals surface area contributed by atoms with Crippen molar-refractivity contribution in [3.63, 3.8) is 0 Å². The summed E-state index contributed by atoms with van der Waals surface area (Å²) in [6.45, 7) is 1.83. The Kier molecular flexibility index (Phi) is 3.16. The molecule has 1 aliphatic carbocycles. The highest BCUT2D eigenvalue weighted by atomic mass is 35.5. The second-order valence-corrected chi connectivity index (χ2v) is 6.14. The van der Waals surface area contributed by atoms with Crippen LogP contribution in [0.2, 0.25) is 0 Å². The first-order valence-corrected chi connectivity index (χ1v) is 6.35. The summed E-state index contributed by atoms with van der Waals surface area (Å²) < 4.78 is 0. The van der Waals surface area contributed by atoms with Crippen molar-refractivity contribution in [1.29, 1.82) is 0 Å². The second-order valence-electron chi connectivity index (χ2n) is 3.95. The minimum absolute atomic E-state index is 0.291. The summed E-state index contributed by atoms with van der Waals surface area (Å²) in [6, 6.07) is 7.76. The molecular weight excluding hydrogens is 274 g/mol. The molecule has 0 heterocycles. The third-order valence-corrected chi connectivity index (χ3v) is 5.54. The van der Waals surface area contributed by atoms with Crippen molar-refractivity contribution in [2.75, 3.05) is 0 Å².